The van der Waals surface area contributed by atoms with Crippen LogP contribution in [0.25, 0.3) is 0 Å². The minimum absolute atomic E-state index is 0.328. The number of rotatable bonds is 3. The van der Waals surface area contributed by atoms with Gasteiger partial charge in [0.1, 0.15) is 0 Å². The van der Waals surface area contributed by atoms with E-state index >= 15 is 0 Å². The van der Waals surface area contributed by atoms with Crippen LogP contribution >= 0.6 is 0 Å². The maximum absolute atomic E-state index is 10.9. The number of carbonyl (C=O) groups is 1. The van der Waals surface area contributed by atoms with E-state index in [4.69, 9.17) is 4.43 Å². The molecule has 0 rings (SSSR count). The van der Waals surface area contributed by atoms with E-state index in [0.717, 1.165) is 0 Å². The molecule has 0 saturated carbocycles. The van der Waals surface area contributed by atoms with Crippen LogP contribution in [0.3, 0.4) is 0 Å². The topological polar surface area (TPSA) is 35.5 Å². The molecule has 0 spiro atoms. The van der Waals surface area contributed by atoms with Crippen molar-refractivity contribution in [1.82, 2.24) is 0 Å². The molecule has 0 aromatic heterocycles. The zero-order chi connectivity index (χ0) is 8.91. The summed E-state index contributed by atoms with van der Waals surface area (Å²) in [6.07, 6.45) is 2.58. The number of hydrogen-bond donors (Lipinski definition) is 0. The first-order valence-electron chi connectivity index (χ1n) is 3.38. The quantitative estimate of drug-likeness (QED) is 0.370. The van der Waals surface area contributed by atoms with Crippen molar-refractivity contribution in [3.63, 3.8) is 0 Å². The maximum Gasteiger partial charge on any atom is 0.320 e. The molecule has 0 aliphatic heterocycles. The highest BCUT2D eigenvalue weighted by Gasteiger charge is 2.17. The molecule has 0 aliphatic carbocycles. The van der Waals surface area contributed by atoms with E-state index in [1.165, 1.54) is 19.4 Å². The van der Waals surface area contributed by atoms with Crippen LogP contribution in [0.1, 0.15) is 0 Å². The molecule has 0 unspecified atom stereocenters. The lowest BCUT2D eigenvalue weighted by Crippen LogP contribution is -2.28. The van der Waals surface area contributed by atoms with Gasteiger partial charge in [-0.15, -0.1) is 0 Å². The third kappa shape index (κ3) is 7.12. The second-order valence-electron chi connectivity index (χ2n) is 3.07. The Hall–Kier alpha value is -0.773. The van der Waals surface area contributed by atoms with Crippen LogP contribution in [0.5, 0.6) is 0 Å². The fourth-order valence-corrected chi connectivity index (χ4v) is 1.13. The summed E-state index contributed by atoms with van der Waals surface area (Å²) < 4.78 is 9.63. The van der Waals surface area contributed by atoms with Crippen molar-refractivity contribution in [1.29, 1.82) is 0 Å². The Kier molecular flexibility index (Phi) is 3.88. The third-order valence-electron chi connectivity index (χ3n) is 0.747. The number of methoxy groups -OCH3 is 1. The van der Waals surface area contributed by atoms with Gasteiger partial charge in [0.05, 0.1) is 19.4 Å². The van der Waals surface area contributed by atoms with E-state index < -0.39 is 8.32 Å². The molecule has 0 N–H and O–H groups in total. The number of carbonyl (C=O) groups excluding carboxylic acids is 1. The van der Waals surface area contributed by atoms with Gasteiger partial charge in [0.25, 0.3) is 0 Å². The predicted molar refractivity (Wildman–Crippen MR) is 45.6 cm³/mol. The normalized spacial score (nSPS) is 11.6. The van der Waals surface area contributed by atoms with Crippen molar-refractivity contribution < 1.29 is 14.0 Å². The first kappa shape index (κ1) is 10.2. The fraction of sp³-hybridized carbons (Fsp3) is 0.571. The Balaban J connectivity index is 3.80. The van der Waals surface area contributed by atoms with Gasteiger partial charge in [0, 0.05) is 0 Å². The average molecular weight is 174 g/mol. The molecule has 0 aromatic rings. The summed E-state index contributed by atoms with van der Waals surface area (Å²) >= 11 is 0. The summed E-state index contributed by atoms with van der Waals surface area (Å²) in [5.74, 6) is -0.328. The minimum Gasteiger partial charge on any atom is -0.517 e. The summed E-state index contributed by atoms with van der Waals surface area (Å²) in [5.41, 5.74) is 0. The number of ether oxygens (including phenoxy) is 1. The van der Waals surface area contributed by atoms with Crippen LogP contribution < -0.4 is 0 Å². The molecular formula is C7H14O3Si. The molecule has 0 bridgehead atoms. The highest BCUT2D eigenvalue weighted by Crippen LogP contribution is 2.02. The van der Waals surface area contributed by atoms with E-state index in [1.807, 2.05) is 19.6 Å². The summed E-state index contributed by atoms with van der Waals surface area (Å²) in [4.78, 5) is 10.9. The standard InChI is InChI=1S/C7H14O3Si/c1-9-6-5-7(8)10-11(2,3)4/h5-6H,1-4H3/b6-5+. The molecule has 0 amide bonds. The Bertz CT molecular complexity index is 158. The van der Waals surface area contributed by atoms with Crippen molar-refractivity contribution in [2.75, 3.05) is 7.11 Å². The maximum atomic E-state index is 10.9. The lowest BCUT2D eigenvalue weighted by Gasteiger charge is -2.15. The van der Waals surface area contributed by atoms with Gasteiger partial charge in [0.2, 0.25) is 8.32 Å². The van der Waals surface area contributed by atoms with Crippen molar-refractivity contribution in [2.24, 2.45) is 0 Å². The molecule has 0 aromatic carbocycles. The second kappa shape index (κ2) is 4.18. The van der Waals surface area contributed by atoms with Crippen LogP contribution in [-0.2, 0) is 14.0 Å². The summed E-state index contributed by atoms with van der Waals surface area (Å²) in [7, 11) is -0.242. The highest BCUT2D eigenvalue weighted by molar-refractivity contribution is 6.71. The molecule has 4 heteroatoms. The van der Waals surface area contributed by atoms with Gasteiger partial charge >= 0.3 is 5.97 Å². The van der Waals surface area contributed by atoms with Crippen LogP contribution in [0.4, 0.5) is 0 Å². The molecule has 64 valence electrons. The zero-order valence-corrected chi connectivity index (χ0v) is 8.38. The van der Waals surface area contributed by atoms with Gasteiger partial charge in [-0.05, 0) is 19.6 Å². The van der Waals surface area contributed by atoms with Crippen LogP contribution in [0.2, 0.25) is 19.6 Å². The van der Waals surface area contributed by atoms with Gasteiger partial charge in [-0.3, -0.25) is 0 Å². The first-order valence-corrected chi connectivity index (χ1v) is 6.79. The summed E-state index contributed by atoms with van der Waals surface area (Å²) in [5, 5.41) is 0. The van der Waals surface area contributed by atoms with Crippen molar-refractivity contribution in [2.45, 2.75) is 19.6 Å². The lowest BCUT2D eigenvalue weighted by atomic mass is 10.6. The van der Waals surface area contributed by atoms with E-state index in [0.29, 0.717) is 0 Å². The van der Waals surface area contributed by atoms with Gasteiger partial charge in [-0.1, -0.05) is 0 Å². The van der Waals surface area contributed by atoms with Crippen molar-refractivity contribution in [3.8, 4) is 0 Å². The summed E-state index contributed by atoms with van der Waals surface area (Å²) in [6, 6.07) is 0. The zero-order valence-electron chi connectivity index (χ0n) is 7.38. The van der Waals surface area contributed by atoms with Gasteiger partial charge in [-0.2, -0.15) is 0 Å². The second-order valence-corrected chi connectivity index (χ2v) is 7.50. The predicted octanol–water partition coefficient (Wildman–Crippen LogP) is 1.52. The van der Waals surface area contributed by atoms with E-state index in [2.05, 4.69) is 4.74 Å². The molecule has 0 fully saturated rings. The molecule has 11 heavy (non-hydrogen) atoms. The van der Waals surface area contributed by atoms with Crippen molar-refractivity contribution in [3.05, 3.63) is 12.3 Å². The smallest absolute Gasteiger partial charge is 0.320 e. The third-order valence-corrected chi connectivity index (χ3v) is 1.56. The van der Waals surface area contributed by atoms with Crippen LogP contribution in [-0.4, -0.2) is 21.4 Å². The van der Waals surface area contributed by atoms with Crippen molar-refractivity contribution >= 4 is 14.3 Å². The number of hydrogen-bond acceptors (Lipinski definition) is 3. The molecular weight excluding hydrogens is 160 g/mol. The van der Waals surface area contributed by atoms with E-state index in [-0.39, 0.29) is 5.97 Å². The van der Waals surface area contributed by atoms with Crippen LogP contribution in [0, 0.1) is 0 Å². The van der Waals surface area contributed by atoms with Crippen LogP contribution in [0.15, 0.2) is 12.3 Å². The minimum atomic E-state index is -1.73. The lowest BCUT2D eigenvalue weighted by molar-refractivity contribution is -0.129. The van der Waals surface area contributed by atoms with Gasteiger partial charge < -0.3 is 9.16 Å². The molecule has 0 radical (unpaired) electrons. The SMILES string of the molecule is CO/C=C/C(=O)O[Si](C)(C)C. The molecule has 0 heterocycles. The fourth-order valence-electron chi connectivity index (χ4n) is 0.459. The summed E-state index contributed by atoms with van der Waals surface area (Å²) in [6.45, 7) is 5.85. The van der Waals surface area contributed by atoms with Gasteiger partial charge in [0.15, 0.2) is 0 Å². The monoisotopic (exact) mass is 174 g/mol. The molecule has 3 nitrogen and oxygen atoms in total. The molecule has 0 saturated heterocycles. The Morgan fingerprint density at radius 2 is 1.91 bits per heavy atom. The average Bonchev–Trinajstić information content (AvgIpc) is 1.79. The highest BCUT2D eigenvalue weighted by atomic mass is 28.4. The van der Waals surface area contributed by atoms with E-state index in [9.17, 15) is 4.79 Å². The Labute approximate surface area is 68.1 Å². The molecule has 0 atom stereocenters. The van der Waals surface area contributed by atoms with E-state index in [1.54, 1.807) is 0 Å². The largest absolute Gasteiger partial charge is 0.517 e. The van der Waals surface area contributed by atoms with Gasteiger partial charge in [-0.25, -0.2) is 4.79 Å². The Morgan fingerprint density at radius 1 is 1.36 bits per heavy atom. The first-order chi connectivity index (χ1) is 4.95. The molecule has 0 aliphatic rings. The Morgan fingerprint density at radius 3 is 2.27 bits per heavy atom.